The normalized spacial score (nSPS) is 15.8. The van der Waals surface area contributed by atoms with Crippen LogP contribution in [0.15, 0.2) is 24.5 Å². The molecule has 1 atom stereocenters. The van der Waals surface area contributed by atoms with Gasteiger partial charge in [-0.15, -0.1) is 6.58 Å². The predicted octanol–water partition coefficient (Wildman–Crippen LogP) is 5.12. The fourth-order valence-electron chi connectivity index (χ4n) is 1.07. The van der Waals surface area contributed by atoms with E-state index in [1.54, 1.807) is 0 Å². The standard InChI is InChI=1S/C14H28OSi/c1-9-12(3)11-13(10-2)15-16(7,8)14(4,5)6/h9,11-12H,1,10H2,2-8H3/b13-11+. The SMILES string of the molecule is C=CC(C)/C=C(\CC)O[Si](C)(C)C(C)(C)C. The van der Waals surface area contributed by atoms with Gasteiger partial charge in [0.1, 0.15) is 0 Å². The van der Waals surface area contributed by atoms with Crippen molar-refractivity contribution in [1.82, 2.24) is 0 Å². The first-order valence-corrected chi connectivity index (χ1v) is 9.07. The van der Waals surface area contributed by atoms with E-state index in [0.29, 0.717) is 5.92 Å². The lowest BCUT2D eigenvalue weighted by Gasteiger charge is -2.37. The average Bonchev–Trinajstić information content (AvgIpc) is 2.14. The summed E-state index contributed by atoms with van der Waals surface area (Å²) in [5.74, 6) is 1.51. The van der Waals surface area contributed by atoms with Crippen molar-refractivity contribution in [2.24, 2.45) is 5.92 Å². The topological polar surface area (TPSA) is 9.23 Å². The fourth-order valence-corrected chi connectivity index (χ4v) is 2.24. The van der Waals surface area contributed by atoms with E-state index in [1.807, 2.05) is 6.08 Å². The van der Waals surface area contributed by atoms with Crippen LogP contribution in [0.1, 0.15) is 41.0 Å². The summed E-state index contributed by atoms with van der Waals surface area (Å²) < 4.78 is 6.28. The molecule has 0 radical (unpaired) electrons. The van der Waals surface area contributed by atoms with E-state index in [4.69, 9.17) is 4.43 Å². The summed E-state index contributed by atoms with van der Waals surface area (Å²) in [5.41, 5.74) is 0. The maximum Gasteiger partial charge on any atom is 0.250 e. The molecule has 0 aliphatic heterocycles. The van der Waals surface area contributed by atoms with Crippen LogP contribution in [0.3, 0.4) is 0 Å². The third kappa shape index (κ3) is 4.56. The molecule has 0 aliphatic rings. The molecule has 0 amide bonds. The second-order valence-electron chi connectivity index (χ2n) is 5.94. The summed E-state index contributed by atoms with van der Waals surface area (Å²) in [5, 5.41) is 0.263. The van der Waals surface area contributed by atoms with Crippen molar-refractivity contribution in [3.05, 3.63) is 24.5 Å². The Bertz CT molecular complexity index is 258. The highest BCUT2D eigenvalue weighted by Gasteiger charge is 2.39. The highest BCUT2D eigenvalue weighted by atomic mass is 28.4. The Morgan fingerprint density at radius 1 is 1.38 bits per heavy atom. The molecular weight excluding hydrogens is 212 g/mol. The summed E-state index contributed by atoms with van der Waals surface area (Å²) in [6.07, 6.45) is 5.10. The molecule has 0 fully saturated rings. The van der Waals surface area contributed by atoms with E-state index in [9.17, 15) is 0 Å². The second-order valence-corrected chi connectivity index (χ2v) is 10.7. The van der Waals surface area contributed by atoms with Gasteiger partial charge in [0.05, 0.1) is 5.76 Å². The molecule has 2 heteroatoms. The molecule has 0 heterocycles. The van der Waals surface area contributed by atoms with E-state index >= 15 is 0 Å². The molecule has 0 spiro atoms. The zero-order chi connectivity index (χ0) is 13.0. The molecule has 0 saturated carbocycles. The summed E-state index contributed by atoms with van der Waals surface area (Å²) in [6.45, 7) is 19.5. The fraction of sp³-hybridized carbons (Fsp3) is 0.714. The Morgan fingerprint density at radius 2 is 1.88 bits per heavy atom. The Kier molecular flexibility index (Phi) is 5.53. The predicted molar refractivity (Wildman–Crippen MR) is 76.0 cm³/mol. The van der Waals surface area contributed by atoms with Gasteiger partial charge in [-0.05, 0) is 30.1 Å². The van der Waals surface area contributed by atoms with Crippen LogP contribution in [0.25, 0.3) is 0 Å². The maximum absolute atomic E-state index is 6.28. The lowest BCUT2D eigenvalue weighted by Crippen LogP contribution is -2.40. The van der Waals surface area contributed by atoms with E-state index in [-0.39, 0.29) is 5.04 Å². The van der Waals surface area contributed by atoms with Crippen molar-refractivity contribution < 1.29 is 4.43 Å². The van der Waals surface area contributed by atoms with Crippen LogP contribution < -0.4 is 0 Å². The van der Waals surface area contributed by atoms with Crippen LogP contribution in [0.4, 0.5) is 0 Å². The van der Waals surface area contributed by atoms with Crippen LogP contribution in [0, 0.1) is 5.92 Å². The minimum Gasteiger partial charge on any atom is -0.547 e. The molecular formula is C14H28OSi. The molecule has 0 aliphatic carbocycles. The van der Waals surface area contributed by atoms with Gasteiger partial charge in [0, 0.05) is 6.42 Å². The third-order valence-corrected chi connectivity index (χ3v) is 7.75. The molecule has 16 heavy (non-hydrogen) atoms. The van der Waals surface area contributed by atoms with Gasteiger partial charge in [0.15, 0.2) is 0 Å². The average molecular weight is 240 g/mol. The van der Waals surface area contributed by atoms with Crippen molar-refractivity contribution in [2.75, 3.05) is 0 Å². The monoisotopic (exact) mass is 240 g/mol. The molecule has 0 N–H and O–H groups in total. The maximum atomic E-state index is 6.28. The number of hydrogen-bond acceptors (Lipinski definition) is 1. The van der Waals surface area contributed by atoms with E-state index in [2.05, 4.69) is 60.4 Å². The zero-order valence-electron chi connectivity index (χ0n) is 12.1. The van der Waals surface area contributed by atoms with Gasteiger partial charge in [-0.2, -0.15) is 0 Å². The highest BCUT2D eigenvalue weighted by molar-refractivity contribution is 6.74. The minimum atomic E-state index is -1.67. The summed E-state index contributed by atoms with van der Waals surface area (Å²) in [7, 11) is -1.67. The van der Waals surface area contributed by atoms with Crippen LogP contribution in [-0.4, -0.2) is 8.32 Å². The molecule has 1 unspecified atom stereocenters. The molecule has 0 aromatic carbocycles. The summed E-state index contributed by atoms with van der Waals surface area (Å²) in [6, 6.07) is 0. The number of hydrogen-bond donors (Lipinski definition) is 0. The van der Waals surface area contributed by atoms with Crippen LogP contribution >= 0.6 is 0 Å². The Labute approximate surface area is 103 Å². The van der Waals surface area contributed by atoms with Gasteiger partial charge < -0.3 is 4.43 Å². The first-order chi connectivity index (χ1) is 7.14. The van der Waals surface area contributed by atoms with Gasteiger partial charge in [-0.25, -0.2) is 0 Å². The lowest BCUT2D eigenvalue weighted by molar-refractivity contribution is 0.367. The Morgan fingerprint density at radius 3 is 2.19 bits per heavy atom. The van der Waals surface area contributed by atoms with Gasteiger partial charge in [0.25, 0.3) is 0 Å². The van der Waals surface area contributed by atoms with Crippen molar-refractivity contribution >= 4 is 8.32 Å². The van der Waals surface area contributed by atoms with Crippen molar-refractivity contribution in [2.45, 2.75) is 59.2 Å². The van der Waals surface area contributed by atoms with Gasteiger partial charge in [0.2, 0.25) is 8.32 Å². The minimum absolute atomic E-state index is 0.263. The summed E-state index contributed by atoms with van der Waals surface area (Å²) >= 11 is 0. The van der Waals surface area contributed by atoms with Crippen molar-refractivity contribution in [3.63, 3.8) is 0 Å². The molecule has 94 valence electrons. The van der Waals surface area contributed by atoms with E-state index < -0.39 is 8.32 Å². The Balaban J connectivity index is 4.80. The van der Waals surface area contributed by atoms with Crippen molar-refractivity contribution in [3.8, 4) is 0 Å². The largest absolute Gasteiger partial charge is 0.547 e. The number of allylic oxidation sites excluding steroid dienone is 3. The van der Waals surface area contributed by atoms with Crippen molar-refractivity contribution in [1.29, 1.82) is 0 Å². The Hall–Kier alpha value is -0.503. The molecule has 0 rings (SSSR count). The van der Waals surface area contributed by atoms with Gasteiger partial charge >= 0.3 is 0 Å². The first kappa shape index (κ1) is 15.5. The molecule has 0 aromatic heterocycles. The van der Waals surface area contributed by atoms with Crippen LogP contribution in [-0.2, 0) is 4.43 Å². The van der Waals surface area contributed by atoms with Crippen LogP contribution in [0.5, 0.6) is 0 Å². The smallest absolute Gasteiger partial charge is 0.250 e. The van der Waals surface area contributed by atoms with E-state index in [0.717, 1.165) is 12.2 Å². The lowest BCUT2D eigenvalue weighted by atomic mass is 10.1. The quantitative estimate of drug-likeness (QED) is 0.368. The third-order valence-electron chi connectivity index (χ3n) is 3.36. The van der Waals surface area contributed by atoms with E-state index in [1.165, 1.54) is 0 Å². The van der Waals surface area contributed by atoms with Gasteiger partial charge in [-0.1, -0.05) is 40.7 Å². The summed E-state index contributed by atoms with van der Waals surface area (Å²) in [4.78, 5) is 0. The zero-order valence-corrected chi connectivity index (χ0v) is 13.1. The first-order valence-electron chi connectivity index (χ1n) is 6.16. The van der Waals surface area contributed by atoms with Gasteiger partial charge in [-0.3, -0.25) is 0 Å². The number of rotatable bonds is 5. The van der Waals surface area contributed by atoms with Crippen LogP contribution in [0.2, 0.25) is 18.1 Å². The molecule has 0 bridgehead atoms. The molecule has 1 nitrogen and oxygen atoms in total. The molecule has 0 saturated heterocycles. The molecule has 0 aromatic rings. The second kappa shape index (κ2) is 5.71. The highest BCUT2D eigenvalue weighted by Crippen LogP contribution is 2.38.